The molecule has 78 valence electrons. The van der Waals surface area contributed by atoms with Gasteiger partial charge in [0.1, 0.15) is 6.10 Å². The highest BCUT2D eigenvalue weighted by atomic mass is 16.5. The molecule has 0 spiro atoms. The first-order chi connectivity index (χ1) is 7.43. The van der Waals surface area contributed by atoms with Gasteiger partial charge in [0, 0.05) is 25.0 Å². The maximum Gasteiger partial charge on any atom is 0.110 e. The first kappa shape index (κ1) is 8.88. The number of aromatic amines is 1. The van der Waals surface area contributed by atoms with Crippen molar-refractivity contribution in [1.29, 1.82) is 0 Å². The van der Waals surface area contributed by atoms with E-state index < -0.39 is 0 Å². The van der Waals surface area contributed by atoms with E-state index in [1.807, 2.05) is 12.1 Å². The second-order valence-electron chi connectivity index (χ2n) is 3.72. The highest BCUT2D eigenvalue weighted by Crippen LogP contribution is 2.21. The summed E-state index contributed by atoms with van der Waals surface area (Å²) in [5.41, 5.74) is 3.18. The van der Waals surface area contributed by atoms with Crippen LogP contribution in [0.2, 0.25) is 0 Å². The van der Waals surface area contributed by atoms with Crippen molar-refractivity contribution >= 4 is 11.0 Å². The summed E-state index contributed by atoms with van der Waals surface area (Å²) in [5.74, 6) is 0. The third-order valence-electron chi connectivity index (χ3n) is 2.68. The van der Waals surface area contributed by atoms with Crippen LogP contribution in [-0.2, 0) is 4.74 Å². The zero-order valence-electron chi connectivity index (χ0n) is 8.36. The van der Waals surface area contributed by atoms with Gasteiger partial charge in [-0.3, -0.25) is 4.98 Å². The molecule has 0 aliphatic carbocycles. The van der Waals surface area contributed by atoms with Gasteiger partial charge in [-0.1, -0.05) is 0 Å². The quantitative estimate of drug-likeness (QED) is 0.732. The van der Waals surface area contributed by atoms with E-state index in [-0.39, 0.29) is 6.10 Å². The van der Waals surface area contributed by atoms with Crippen LogP contribution in [0, 0.1) is 0 Å². The summed E-state index contributed by atoms with van der Waals surface area (Å²) in [6, 6.07) is 6.03. The van der Waals surface area contributed by atoms with E-state index in [4.69, 9.17) is 4.74 Å². The second-order valence-corrected chi connectivity index (χ2v) is 3.72. The van der Waals surface area contributed by atoms with E-state index in [2.05, 4.69) is 21.4 Å². The molecule has 2 aromatic heterocycles. The molecular formula is C11H13N3O. The predicted octanol–water partition coefficient (Wildman–Crippen LogP) is 1.22. The lowest BCUT2D eigenvalue weighted by Gasteiger charge is -2.22. The number of morpholine rings is 1. The molecule has 1 aliphatic heterocycles. The smallest absolute Gasteiger partial charge is 0.110 e. The van der Waals surface area contributed by atoms with Gasteiger partial charge in [-0.2, -0.15) is 0 Å². The summed E-state index contributed by atoms with van der Waals surface area (Å²) in [6.07, 6.45) is 1.94. The number of pyridine rings is 1. The van der Waals surface area contributed by atoms with E-state index in [1.165, 1.54) is 0 Å². The Hall–Kier alpha value is -1.39. The lowest BCUT2D eigenvalue weighted by molar-refractivity contribution is 0.0255. The van der Waals surface area contributed by atoms with Crippen molar-refractivity contribution < 1.29 is 4.74 Å². The molecule has 0 bridgehead atoms. The van der Waals surface area contributed by atoms with Gasteiger partial charge in [-0.05, 0) is 18.2 Å². The van der Waals surface area contributed by atoms with E-state index >= 15 is 0 Å². The van der Waals surface area contributed by atoms with Crippen molar-refractivity contribution in [1.82, 2.24) is 15.3 Å². The molecule has 0 amide bonds. The lowest BCUT2D eigenvalue weighted by Crippen LogP contribution is -2.33. The van der Waals surface area contributed by atoms with Crippen LogP contribution in [0.3, 0.4) is 0 Å². The van der Waals surface area contributed by atoms with Crippen LogP contribution in [0.1, 0.15) is 11.8 Å². The number of ether oxygens (including phenoxy) is 1. The number of aromatic nitrogens is 2. The molecule has 0 aromatic carbocycles. The summed E-state index contributed by atoms with van der Waals surface area (Å²) in [7, 11) is 0. The summed E-state index contributed by atoms with van der Waals surface area (Å²) >= 11 is 0. The van der Waals surface area contributed by atoms with Crippen molar-refractivity contribution in [3.05, 3.63) is 30.1 Å². The molecular weight excluding hydrogens is 190 g/mol. The van der Waals surface area contributed by atoms with Crippen LogP contribution in [0.15, 0.2) is 24.4 Å². The zero-order valence-corrected chi connectivity index (χ0v) is 8.36. The molecule has 4 heteroatoms. The fourth-order valence-corrected chi connectivity index (χ4v) is 1.92. The number of H-pyrrole nitrogens is 1. The molecule has 1 saturated heterocycles. The van der Waals surface area contributed by atoms with Crippen molar-refractivity contribution in [2.24, 2.45) is 0 Å². The van der Waals surface area contributed by atoms with Crippen molar-refractivity contribution in [3.63, 3.8) is 0 Å². The van der Waals surface area contributed by atoms with Gasteiger partial charge < -0.3 is 15.0 Å². The van der Waals surface area contributed by atoms with E-state index in [0.29, 0.717) is 0 Å². The summed E-state index contributed by atoms with van der Waals surface area (Å²) in [5, 5.41) is 3.31. The third-order valence-corrected chi connectivity index (χ3v) is 2.68. The van der Waals surface area contributed by atoms with Gasteiger partial charge in [-0.15, -0.1) is 0 Å². The number of hydrogen-bond acceptors (Lipinski definition) is 3. The minimum atomic E-state index is 0.132. The van der Waals surface area contributed by atoms with Crippen LogP contribution < -0.4 is 5.32 Å². The summed E-state index contributed by atoms with van der Waals surface area (Å²) in [4.78, 5) is 7.63. The highest BCUT2D eigenvalue weighted by molar-refractivity contribution is 5.75. The average Bonchev–Trinajstić information content (AvgIpc) is 2.74. The first-order valence-corrected chi connectivity index (χ1v) is 5.19. The topological polar surface area (TPSA) is 49.9 Å². The molecule has 0 saturated carbocycles. The molecule has 2 N–H and O–H groups in total. The SMILES string of the molecule is c1cnc2cc(C3CNCCO3)[nH]c2c1. The minimum Gasteiger partial charge on any atom is -0.369 e. The fourth-order valence-electron chi connectivity index (χ4n) is 1.92. The molecule has 1 atom stereocenters. The molecule has 15 heavy (non-hydrogen) atoms. The Morgan fingerprint density at radius 1 is 1.47 bits per heavy atom. The van der Waals surface area contributed by atoms with Crippen LogP contribution in [0.5, 0.6) is 0 Å². The molecule has 4 nitrogen and oxygen atoms in total. The summed E-state index contributed by atoms with van der Waals surface area (Å²) in [6.45, 7) is 2.58. The number of nitrogens with zero attached hydrogens (tertiary/aromatic N) is 1. The van der Waals surface area contributed by atoms with Gasteiger partial charge in [-0.25, -0.2) is 0 Å². The number of hydrogen-bond donors (Lipinski definition) is 2. The zero-order chi connectivity index (χ0) is 10.1. The number of nitrogens with one attached hydrogen (secondary N) is 2. The van der Waals surface area contributed by atoms with E-state index in [1.54, 1.807) is 6.20 Å². The molecule has 3 rings (SSSR count). The van der Waals surface area contributed by atoms with Crippen LogP contribution in [0.25, 0.3) is 11.0 Å². The normalized spacial score (nSPS) is 22.0. The van der Waals surface area contributed by atoms with Gasteiger partial charge in [0.25, 0.3) is 0 Å². The van der Waals surface area contributed by atoms with Crippen LogP contribution in [-0.4, -0.2) is 29.7 Å². The molecule has 0 radical (unpaired) electrons. The Labute approximate surface area is 87.7 Å². The molecule has 2 aromatic rings. The molecule has 1 unspecified atom stereocenters. The highest BCUT2D eigenvalue weighted by Gasteiger charge is 2.17. The second kappa shape index (κ2) is 3.64. The Bertz CT molecular complexity index is 427. The number of rotatable bonds is 1. The van der Waals surface area contributed by atoms with Crippen LogP contribution in [0.4, 0.5) is 0 Å². The van der Waals surface area contributed by atoms with Gasteiger partial charge in [0.05, 0.1) is 17.6 Å². The maximum absolute atomic E-state index is 5.67. The van der Waals surface area contributed by atoms with E-state index in [0.717, 1.165) is 36.4 Å². The van der Waals surface area contributed by atoms with Crippen molar-refractivity contribution in [3.8, 4) is 0 Å². The standard InChI is InChI=1S/C11H13N3O/c1-2-8-9(13-3-1)6-10(14-8)11-7-12-4-5-15-11/h1-3,6,11-12,14H,4-5,7H2. The van der Waals surface area contributed by atoms with E-state index in [9.17, 15) is 0 Å². The molecule has 1 aliphatic rings. The van der Waals surface area contributed by atoms with Crippen molar-refractivity contribution in [2.45, 2.75) is 6.10 Å². The van der Waals surface area contributed by atoms with Gasteiger partial charge in [0.2, 0.25) is 0 Å². The maximum atomic E-state index is 5.67. The minimum absolute atomic E-state index is 0.132. The van der Waals surface area contributed by atoms with Crippen LogP contribution >= 0.6 is 0 Å². The molecule has 3 heterocycles. The van der Waals surface area contributed by atoms with Crippen molar-refractivity contribution in [2.75, 3.05) is 19.7 Å². The fraction of sp³-hybridized carbons (Fsp3) is 0.364. The Balaban J connectivity index is 1.96. The number of fused-ring (bicyclic) bond motifs is 1. The Kier molecular flexibility index (Phi) is 2.16. The largest absolute Gasteiger partial charge is 0.369 e. The summed E-state index contributed by atoms with van der Waals surface area (Å²) < 4.78 is 5.67. The lowest BCUT2D eigenvalue weighted by atomic mass is 10.2. The Morgan fingerprint density at radius 3 is 3.27 bits per heavy atom. The van der Waals surface area contributed by atoms with Gasteiger partial charge >= 0.3 is 0 Å². The predicted molar refractivity (Wildman–Crippen MR) is 57.7 cm³/mol. The molecule has 1 fully saturated rings. The monoisotopic (exact) mass is 203 g/mol. The van der Waals surface area contributed by atoms with Gasteiger partial charge in [0.15, 0.2) is 0 Å². The Morgan fingerprint density at radius 2 is 2.47 bits per heavy atom. The first-order valence-electron chi connectivity index (χ1n) is 5.19. The average molecular weight is 203 g/mol. The third kappa shape index (κ3) is 1.62.